The fourth-order valence-corrected chi connectivity index (χ4v) is 2.68. The maximum Gasteiger partial charge on any atom is 0.299 e. The predicted octanol–water partition coefficient (Wildman–Crippen LogP) is 2.66. The zero-order chi connectivity index (χ0) is 13.1. The maximum atomic E-state index is 11.7. The molecule has 0 aliphatic rings. The molecule has 0 radical (unpaired) electrons. The van der Waals surface area contributed by atoms with E-state index >= 15 is 0 Å². The van der Waals surface area contributed by atoms with Gasteiger partial charge in [-0.15, -0.1) is 0 Å². The van der Waals surface area contributed by atoms with Crippen LogP contribution in [0.2, 0.25) is 0 Å². The van der Waals surface area contributed by atoms with Gasteiger partial charge in [-0.3, -0.25) is 4.72 Å². The quantitative estimate of drug-likeness (QED) is 0.876. The molecule has 0 atom stereocenters. The summed E-state index contributed by atoms with van der Waals surface area (Å²) < 4.78 is 29.4. The highest BCUT2D eigenvalue weighted by Crippen LogP contribution is 2.23. The van der Waals surface area contributed by atoms with Crippen molar-refractivity contribution in [3.8, 4) is 0 Å². The van der Waals surface area contributed by atoms with E-state index in [4.69, 9.17) is 0 Å². The molecule has 17 heavy (non-hydrogen) atoms. The van der Waals surface area contributed by atoms with Gasteiger partial charge in [-0.1, -0.05) is 35.8 Å². The van der Waals surface area contributed by atoms with Gasteiger partial charge in [-0.05, 0) is 30.5 Å². The third-order valence-corrected chi connectivity index (χ3v) is 4.09. The van der Waals surface area contributed by atoms with E-state index in [1.54, 1.807) is 12.1 Å². The number of nitrogens with one attached hydrogen (secondary N) is 2. The van der Waals surface area contributed by atoms with E-state index in [1.807, 2.05) is 26.8 Å². The third-order valence-electron chi connectivity index (χ3n) is 2.19. The molecule has 0 aliphatic heterocycles. The van der Waals surface area contributed by atoms with E-state index in [1.165, 1.54) is 0 Å². The Morgan fingerprint density at radius 2 is 2.00 bits per heavy atom. The second-order valence-corrected chi connectivity index (χ2v) is 6.61. The summed E-state index contributed by atoms with van der Waals surface area (Å²) in [6.45, 7) is 6.17. The molecule has 4 nitrogen and oxygen atoms in total. The highest BCUT2D eigenvalue weighted by Gasteiger charge is 2.12. The predicted molar refractivity (Wildman–Crippen MR) is 74.3 cm³/mol. The highest BCUT2D eigenvalue weighted by molar-refractivity contribution is 9.10. The standard InChI is InChI=1S/C11H17BrN2O2S/c1-8(2)7-13-17(15,16)14-11-6-4-5-10(12)9(11)3/h4-6,8,13-14H,7H2,1-3H3. The van der Waals surface area contributed by atoms with Gasteiger partial charge >= 0.3 is 0 Å². The number of benzene rings is 1. The molecule has 0 aromatic heterocycles. The molecule has 6 heteroatoms. The van der Waals surface area contributed by atoms with Crippen molar-refractivity contribution in [2.24, 2.45) is 5.92 Å². The van der Waals surface area contributed by atoms with Crippen molar-refractivity contribution < 1.29 is 8.42 Å². The van der Waals surface area contributed by atoms with Gasteiger partial charge in [-0.25, -0.2) is 0 Å². The number of hydrogen-bond donors (Lipinski definition) is 2. The zero-order valence-electron chi connectivity index (χ0n) is 10.1. The van der Waals surface area contributed by atoms with Crippen LogP contribution in [0.25, 0.3) is 0 Å². The van der Waals surface area contributed by atoms with Crippen LogP contribution in [0.3, 0.4) is 0 Å². The van der Waals surface area contributed by atoms with Crippen LogP contribution >= 0.6 is 15.9 Å². The number of rotatable bonds is 5. The van der Waals surface area contributed by atoms with E-state index in [0.29, 0.717) is 12.2 Å². The Kier molecular flexibility index (Phi) is 4.97. The molecule has 96 valence electrons. The molecule has 0 unspecified atom stereocenters. The van der Waals surface area contributed by atoms with E-state index < -0.39 is 10.2 Å². The Labute approximate surface area is 111 Å². The van der Waals surface area contributed by atoms with Crippen molar-refractivity contribution in [3.63, 3.8) is 0 Å². The fraction of sp³-hybridized carbons (Fsp3) is 0.455. The molecule has 1 rings (SSSR count). The lowest BCUT2D eigenvalue weighted by atomic mass is 10.2. The van der Waals surface area contributed by atoms with Crippen LogP contribution in [0.15, 0.2) is 22.7 Å². The van der Waals surface area contributed by atoms with Crippen molar-refractivity contribution in [2.75, 3.05) is 11.3 Å². The summed E-state index contributed by atoms with van der Waals surface area (Å²) in [6.07, 6.45) is 0. The average Bonchev–Trinajstić information content (AvgIpc) is 2.22. The van der Waals surface area contributed by atoms with Gasteiger partial charge in [0.2, 0.25) is 0 Å². The molecule has 0 spiro atoms. The molecule has 0 saturated heterocycles. The van der Waals surface area contributed by atoms with Crippen LogP contribution in [0, 0.1) is 12.8 Å². The lowest BCUT2D eigenvalue weighted by Crippen LogP contribution is -2.33. The van der Waals surface area contributed by atoms with Gasteiger partial charge in [0.05, 0.1) is 5.69 Å². The van der Waals surface area contributed by atoms with E-state index in [9.17, 15) is 8.42 Å². The smallest absolute Gasteiger partial charge is 0.271 e. The third kappa shape index (κ3) is 4.65. The first-order chi connectivity index (χ1) is 7.82. The lowest BCUT2D eigenvalue weighted by Gasteiger charge is -2.13. The van der Waals surface area contributed by atoms with Gasteiger partial charge in [-0.2, -0.15) is 13.1 Å². The monoisotopic (exact) mass is 320 g/mol. The van der Waals surface area contributed by atoms with Gasteiger partial charge in [0, 0.05) is 11.0 Å². The second-order valence-electron chi connectivity index (χ2n) is 4.26. The molecule has 0 aliphatic carbocycles. The van der Waals surface area contributed by atoms with E-state index in [0.717, 1.165) is 10.0 Å². The Morgan fingerprint density at radius 1 is 1.35 bits per heavy atom. The van der Waals surface area contributed by atoms with Crippen LogP contribution in [0.1, 0.15) is 19.4 Å². The van der Waals surface area contributed by atoms with Crippen molar-refractivity contribution in [1.29, 1.82) is 0 Å². The molecular formula is C11H17BrN2O2S. The first kappa shape index (κ1) is 14.5. The number of anilines is 1. The SMILES string of the molecule is Cc1c(Br)cccc1NS(=O)(=O)NCC(C)C. The zero-order valence-corrected chi connectivity index (χ0v) is 12.5. The molecule has 0 amide bonds. The molecule has 0 bridgehead atoms. The van der Waals surface area contributed by atoms with Crippen molar-refractivity contribution in [1.82, 2.24) is 4.72 Å². The van der Waals surface area contributed by atoms with Gasteiger partial charge in [0.25, 0.3) is 10.2 Å². The molecule has 1 aromatic rings. The van der Waals surface area contributed by atoms with E-state index in [-0.39, 0.29) is 5.92 Å². The van der Waals surface area contributed by atoms with E-state index in [2.05, 4.69) is 25.4 Å². The summed E-state index contributed by atoms with van der Waals surface area (Å²) in [6, 6.07) is 5.39. The van der Waals surface area contributed by atoms with Gasteiger partial charge in [0.15, 0.2) is 0 Å². The summed E-state index contributed by atoms with van der Waals surface area (Å²) in [5, 5.41) is 0. The van der Waals surface area contributed by atoms with Gasteiger partial charge < -0.3 is 0 Å². The molecule has 0 fully saturated rings. The Morgan fingerprint density at radius 3 is 2.59 bits per heavy atom. The maximum absolute atomic E-state index is 11.7. The van der Waals surface area contributed by atoms with Gasteiger partial charge in [0.1, 0.15) is 0 Å². The molecule has 2 N–H and O–H groups in total. The lowest BCUT2D eigenvalue weighted by molar-refractivity contribution is 0.565. The first-order valence-corrected chi connectivity index (χ1v) is 7.62. The topological polar surface area (TPSA) is 58.2 Å². The number of halogens is 1. The van der Waals surface area contributed by atoms with Crippen LogP contribution < -0.4 is 9.44 Å². The second kappa shape index (κ2) is 5.84. The van der Waals surface area contributed by atoms with Crippen molar-refractivity contribution >= 4 is 31.8 Å². The number of hydrogen-bond acceptors (Lipinski definition) is 2. The summed E-state index contributed by atoms with van der Waals surface area (Å²) in [7, 11) is -3.49. The minimum Gasteiger partial charge on any atom is -0.271 e. The largest absolute Gasteiger partial charge is 0.299 e. The van der Waals surface area contributed by atoms with Crippen LogP contribution in [-0.2, 0) is 10.2 Å². The Hall–Kier alpha value is -0.590. The molecule has 0 saturated carbocycles. The molecule has 0 heterocycles. The van der Waals surface area contributed by atoms with Crippen LogP contribution in [0.4, 0.5) is 5.69 Å². The Bertz CT molecular complexity index is 486. The van der Waals surface area contributed by atoms with Crippen LogP contribution in [-0.4, -0.2) is 15.0 Å². The average molecular weight is 321 g/mol. The molecule has 1 aromatic carbocycles. The van der Waals surface area contributed by atoms with Crippen molar-refractivity contribution in [3.05, 3.63) is 28.2 Å². The minimum atomic E-state index is -3.49. The fourth-order valence-electron chi connectivity index (χ4n) is 1.18. The summed E-state index contributed by atoms with van der Waals surface area (Å²) in [4.78, 5) is 0. The van der Waals surface area contributed by atoms with Crippen molar-refractivity contribution in [2.45, 2.75) is 20.8 Å². The first-order valence-electron chi connectivity index (χ1n) is 5.34. The summed E-state index contributed by atoms with van der Waals surface area (Å²) in [5.41, 5.74) is 1.44. The Balaban J connectivity index is 2.80. The van der Waals surface area contributed by atoms with Crippen LogP contribution in [0.5, 0.6) is 0 Å². The normalized spacial score (nSPS) is 11.8. The molecular weight excluding hydrogens is 304 g/mol. The minimum absolute atomic E-state index is 0.273. The summed E-state index contributed by atoms with van der Waals surface area (Å²) >= 11 is 3.36. The summed E-state index contributed by atoms with van der Waals surface area (Å²) in [5.74, 6) is 0.273. The highest BCUT2D eigenvalue weighted by atomic mass is 79.9.